The molecule has 3 heteroatoms. The Bertz CT molecular complexity index is 680. The van der Waals surface area contributed by atoms with E-state index in [2.05, 4.69) is 32.9 Å². The summed E-state index contributed by atoms with van der Waals surface area (Å²) in [5.41, 5.74) is -0.911. The Hall–Kier alpha value is -1.61. The van der Waals surface area contributed by atoms with Crippen LogP contribution in [0.3, 0.4) is 0 Å². The fraction of sp³-hybridized carbons (Fsp3) is 0.654. The third-order valence-electron chi connectivity index (χ3n) is 7.10. The summed E-state index contributed by atoms with van der Waals surface area (Å²) in [5.74, 6) is 1.47. The molecule has 1 aromatic carbocycles. The van der Waals surface area contributed by atoms with Crippen molar-refractivity contribution < 1.29 is 14.6 Å². The summed E-state index contributed by atoms with van der Waals surface area (Å²) in [4.78, 5) is 13.4. The maximum absolute atomic E-state index is 13.4. The molecule has 1 N–H and O–H groups in total. The molecule has 0 saturated heterocycles. The van der Waals surface area contributed by atoms with E-state index >= 15 is 0 Å². The Morgan fingerprint density at radius 3 is 2.59 bits per heavy atom. The first-order valence-electron chi connectivity index (χ1n) is 11.5. The van der Waals surface area contributed by atoms with Gasteiger partial charge in [-0.1, -0.05) is 69.7 Å². The smallest absolute Gasteiger partial charge is 0.343 e. The Morgan fingerprint density at radius 1 is 1.17 bits per heavy atom. The molecule has 0 bridgehead atoms. The summed E-state index contributed by atoms with van der Waals surface area (Å²) in [6.07, 6.45) is 12.0. The standard InChI is InChI=1S/C26H38O3/c1-19(2)23-15-14-20(3)18-24(23)29-25(27)26(28,22-12-8-5-9-13-22)17-16-21-10-6-4-7-11-21/h4-6,8-9,12-13,19-21,23-24,28H,7,10-11,14-18H2,1-3H3/t20-,21?,23+,24-,26-/m1/s1. The minimum Gasteiger partial charge on any atom is -0.460 e. The van der Waals surface area contributed by atoms with Crippen LogP contribution in [0, 0.1) is 23.7 Å². The van der Waals surface area contributed by atoms with Gasteiger partial charge in [-0.25, -0.2) is 4.79 Å². The molecule has 5 atom stereocenters. The van der Waals surface area contributed by atoms with Crippen molar-refractivity contribution in [2.75, 3.05) is 0 Å². The van der Waals surface area contributed by atoms with Crippen LogP contribution in [0.5, 0.6) is 0 Å². The number of aliphatic hydroxyl groups is 1. The van der Waals surface area contributed by atoms with Gasteiger partial charge in [0.15, 0.2) is 5.60 Å². The van der Waals surface area contributed by atoms with E-state index in [4.69, 9.17) is 4.74 Å². The third kappa shape index (κ3) is 5.51. The van der Waals surface area contributed by atoms with Gasteiger partial charge in [0.1, 0.15) is 6.10 Å². The van der Waals surface area contributed by atoms with Gasteiger partial charge in [-0.2, -0.15) is 0 Å². The number of carbonyl (C=O) groups is 1. The maximum atomic E-state index is 13.4. The summed E-state index contributed by atoms with van der Waals surface area (Å²) < 4.78 is 6.09. The summed E-state index contributed by atoms with van der Waals surface area (Å²) >= 11 is 0. The Balaban J connectivity index is 1.77. The second-order valence-electron chi connectivity index (χ2n) is 9.69. The van der Waals surface area contributed by atoms with Crippen LogP contribution in [0.25, 0.3) is 0 Å². The average molecular weight is 399 g/mol. The van der Waals surface area contributed by atoms with Gasteiger partial charge in [0, 0.05) is 0 Å². The number of esters is 1. The molecule has 1 unspecified atom stereocenters. The Kier molecular flexibility index (Phi) is 7.56. The summed E-state index contributed by atoms with van der Waals surface area (Å²) in [5, 5.41) is 11.6. The van der Waals surface area contributed by atoms with Crippen molar-refractivity contribution in [3.63, 3.8) is 0 Å². The van der Waals surface area contributed by atoms with Crippen molar-refractivity contribution >= 4 is 5.97 Å². The predicted molar refractivity (Wildman–Crippen MR) is 117 cm³/mol. The molecule has 29 heavy (non-hydrogen) atoms. The van der Waals surface area contributed by atoms with Gasteiger partial charge in [0.25, 0.3) is 0 Å². The zero-order valence-corrected chi connectivity index (χ0v) is 18.3. The molecule has 0 radical (unpaired) electrons. The van der Waals surface area contributed by atoms with Crippen molar-refractivity contribution in [1.82, 2.24) is 0 Å². The molecule has 0 aromatic heterocycles. The van der Waals surface area contributed by atoms with Gasteiger partial charge in [0.05, 0.1) is 0 Å². The molecule has 160 valence electrons. The first-order valence-corrected chi connectivity index (χ1v) is 11.5. The molecule has 0 aliphatic heterocycles. The van der Waals surface area contributed by atoms with Crippen LogP contribution in [0.15, 0.2) is 42.5 Å². The first-order chi connectivity index (χ1) is 13.9. The van der Waals surface area contributed by atoms with Crippen molar-refractivity contribution in [2.24, 2.45) is 23.7 Å². The van der Waals surface area contributed by atoms with Crippen LogP contribution >= 0.6 is 0 Å². The molecule has 1 saturated carbocycles. The topological polar surface area (TPSA) is 46.5 Å². The first kappa shape index (κ1) is 22.1. The van der Waals surface area contributed by atoms with Gasteiger partial charge in [0.2, 0.25) is 0 Å². The van der Waals surface area contributed by atoms with Gasteiger partial charge >= 0.3 is 5.97 Å². The molecular formula is C26H38O3. The molecule has 0 spiro atoms. The van der Waals surface area contributed by atoms with Gasteiger partial charge in [-0.05, 0) is 74.2 Å². The molecular weight excluding hydrogens is 360 g/mol. The van der Waals surface area contributed by atoms with Crippen molar-refractivity contribution in [3.05, 3.63) is 48.0 Å². The molecule has 2 aliphatic rings. The highest BCUT2D eigenvalue weighted by atomic mass is 16.6. The van der Waals surface area contributed by atoms with Crippen LogP contribution in [0.2, 0.25) is 0 Å². The fourth-order valence-electron chi connectivity index (χ4n) is 5.09. The van der Waals surface area contributed by atoms with Crippen LogP contribution < -0.4 is 0 Å². The summed E-state index contributed by atoms with van der Waals surface area (Å²) in [6, 6.07) is 9.39. The lowest BCUT2D eigenvalue weighted by Gasteiger charge is -2.39. The molecule has 1 aromatic rings. The monoisotopic (exact) mass is 398 g/mol. The maximum Gasteiger partial charge on any atom is 0.343 e. The number of benzene rings is 1. The molecule has 2 aliphatic carbocycles. The van der Waals surface area contributed by atoms with Crippen LogP contribution in [0.1, 0.15) is 77.7 Å². The zero-order valence-electron chi connectivity index (χ0n) is 18.3. The number of hydrogen-bond acceptors (Lipinski definition) is 3. The molecule has 0 heterocycles. The van der Waals surface area contributed by atoms with Crippen molar-refractivity contribution in [3.8, 4) is 0 Å². The highest BCUT2D eigenvalue weighted by Crippen LogP contribution is 2.38. The van der Waals surface area contributed by atoms with Crippen LogP contribution in [-0.2, 0) is 15.1 Å². The lowest BCUT2D eigenvalue weighted by atomic mass is 9.75. The Morgan fingerprint density at radius 2 is 1.93 bits per heavy atom. The van der Waals surface area contributed by atoms with E-state index in [-0.39, 0.29) is 6.10 Å². The number of allylic oxidation sites excluding steroid dienone is 2. The highest BCUT2D eigenvalue weighted by Gasteiger charge is 2.43. The van der Waals surface area contributed by atoms with E-state index in [1.807, 2.05) is 30.3 Å². The number of carbonyl (C=O) groups excluding carboxylic acids is 1. The molecule has 0 amide bonds. The van der Waals surface area contributed by atoms with E-state index in [9.17, 15) is 9.90 Å². The SMILES string of the molecule is CC(C)[C@@H]1CC[C@@H](C)C[C@H]1OC(=O)[C@@](O)(CCC1CC=CCC1)c1ccccc1. The van der Waals surface area contributed by atoms with E-state index in [0.717, 1.165) is 38.5 Å². The van der Waals surface area contributed by atoms with Gasteiger partial charge < -0.3 is 9.84 Å². The van der Waals surface area contributed by atoms with E-state index in [0.29, 0.717) is 35.7 Å². The van der Waals surface area contributed by atoms with E-state index < -0.39 is 11.6 Å². The largest absolute Gasteiger partial charge is 0.460 e. The number of rotatable bonds is 7. The molecule has 3 nitrogen and oxygen atoms in total. The zero-order chi connectivity index (χ0) is 20.9. The van der Waals surface area contributed by atoms with Gasteiger partial charge in [-0.3, -0.25) is 0 Å². The fourth-order valence-corrected chi connectivity index (χ4v) is 5.09. The average Bonchev–Trinajstić information content (AvgIpc) is 2.73. The summed E-state index contributed by atoms with van der Waals surface area (Å²) in [7, 11) is 0. The van der Waals surface area contributed by atoms with E-state index in [1.54, 1.807) is 0 Å². The normalized spacial score (nSPS) is 29.4. The van der Waals surface area contributed by atoms with Gasteiger partial charge in [-0.15, -0.1) is 0 Å². The van der Waals surface area contributed by atoms with Crippen molar-refractivity contribution in [1.29, 1.82) is 0 Å². The lowest BCUT2D eigenvalue weighted by Crippen LogP contribution is -2.43. The second kappa shape index (κ2) is 9.93. The quantitative estimate of drug-likeness (QED) is 0.451. The third-order valence-corrected chi connectivity index (χ3v) is 7.10. The molecule has 3 rings (SSSR count). The highest BCUT2D eigenvalue weighted by molar-refractivity contribution is 5.81. The summed E-state index contributed by atoms with van der Waals surface area (Å²) in [6.45, 7) is 6.65. The van der Waals surface area contributed by atoms with Crippen LogP contribution in [-0.4, -0.2) is 17.2 Å². The second-order valence-corrected chi connectivity index (χ2v) is 9.69. The minimum absolute atomic E-state index is 0.0981. The van der Waals surface area contributed by atoms with Crippen molar-refractivity contribution in [2.45, 2.75) is 83.8 Å². The van der Waals surface area contributed by atoms with E-state index in [1.165, 1.54) is 6.42 Å². The Labute approximate surface area is 176 Å². The minimum atomic E-state index is -1.56. The molecule has 1 fully saturated rings. The number of ether oxygens (including phenoxy) is 1. The number of hydrogen-bond donors (Lipinski definition) is 1. The predicted octanol–water partition coefficient (Wildman–Crippen LogP) is 6.01. The van der Waals surface area contributed by atoms with Crippen LogP contribution in [0.4, 0.5) is 0 Å². The lowest BCUT2D eigenvalue weighted by molar-refractivity contribution is -0.180.